The van der Waals surface area contributed by atoms with Crippen LogP contribution in [0, 0.1) is 13.8 Å². The van der Waals surface area contributed by atoms with Crippen LogP contribution in [0.1, 0.15) is 28.3 Å². The molecule has 2 aromatic carbocycles. The van der Waals surface area contributed by atoms with Gasteiger partial charge < -0.3 is 10.0 Å². The molecule has 4 rings (SSSR count). The Labute approximate surface area is 187 Å². The fourth-order valence-corrected chi connectivity index (χ4v) is 3.70. The average molecular weight is 431 g/mol. The van der Waals surface area contributed by atoms with Crippen molar-refractivity contribution in [2.24, 2.45) is 0 Å². The molecule has 0 bridgehead atoms. The molecule has 0 amide bonds. The number of hydrogen-bond donors (Lipinski definition) is 1. The molecule has 2 heterocycles. The fourth-order valence-electron chi connectivity index (χ4n) is 3.57. The second-order valence-corrected chi connectivity index (χ2v) is 7.79. The van der Waals surface area contributed by atoms with Crippen LogP contribution < -0.4 is 4.90 Å². The van der Waals surface area contributed by atoms with E-state index in [1.807, 2.05) is 79.4 Å². The molecule has 0 radical (unpaired) electrons. The van der Waals surface area contributed by atoms with Crippen LogP contribution in [0.2, 0.25) is 5.02 Å². The lowest BCUT2D eigenvalue weighted by Gasteiger charge is -2.27. The van der Waals surface area contributed by atoms with Crippen LogP contribution >= 0.6 is 11.6 Å². The van der Waals surface area contributed by atoms with E-state index in [0.717, 1.165) is 28.3 Å². The maximum atomic E-state index is 10.6. The summed E-state index contributed by atoms with van der Waals surface area (Å²) in [4.78, 5) is 15.9. The van der Waals surface area contributed by atoms with Crippen LogP contribution in [0.25, 0.3) is 0 Å². The van der Waals surface area contributed by atoms with E-state index in [1.165, 1.54) is 0 Å². The number of pyridine rings is 1. The Kier molecular flexibility index (Phi) is 6.14. The van der Waals surface area contributed by atoms with E-state index >= 15 is 0 Å². The maximum Gasteiger partial charge on any atom is 0.141 e. The Morgan fingerprint density at radius 3 is 2.35 bits per heavy atom. The number of nitrogens with zero attached hydrogens (tertiary/aromatic N) is 4. The van der Waals surface area contributed by atoms with Crippen LogP contribution in [-0.4, -0.2) is 20.1 Å². The molecule has 2 aromatic heterocycles. The highest BCUT2D eigenvalue weighted by Gasteiger charge is 2.21. The highest BCUT2D eigenvalue weighted by Crippen LogP contribution is 2.36. The lowest BCUT2D eigenvalue weighted by atomic mass is 10.0. The molecular formula is C25H23ClN4O. The van der Waals surface area contributed by atoms with Gasteiger partial charge in [0.2, 0.25) is 0 Å². The van der Waals surface area contributed by atoms with Crippen LogP contribution in [0.5, 0.6) is 5.75 Å². The molecule has 156 valence electrons. The SMILES string of the molecule is Cc1nc(C)c(Cc2ccc(Cl)cc2)c(N(Cc2ccccn2)c2ccccc2O)n1. The first kappa shape index (κ1) is 20.8. The van der Waals surface area contributed by atoms with Gasteiger partial charge in [-0.2, -0.15) is 0 Å². The van der Waals surface area contributed by atoms with Gasteiger partial charge in [-0.1, -0.05) is 41.9 Å². The number of aromatic nitrogens is 3. The van der Waals surface area contributed by atoms with Gasteiger partial charge in [-0.15, -0.1) is 0 Å². The number of aryl methyl sites for hydroxylation is 2. The highest BCUT2D eigenvalue weighted by atomic mass is 35.5. The first-order chi connectivity index (χ1) is 15.0. The molecule has 0 atom stereocenters. The zero-order valence-corrected chi connectivity index (χ0v) is 18.2. The van der Waals surface area contributed by atoms with Crippen molar-refractivity contribution in [2.75, 3.05) is 4.90 Å². The van der Waals surface area contributed by atoms with Gasteiger partial charge in [-0.3, -0.25) is 4.98 Å². The van der Waals surface area contributed by atoms with Gasteiger partial charge >= 0.3 is 0 Å². The molecule has 0 saturated carbocycles. The normalized spacial score (nSPS) is 10.8. The summed E-state index contributed by atoms with van der Waals surface area (Å²) in [6.07, 6.45) is 2.41. The Hall–Kier alpha value is -3.44. The van der Waals surface area contributed by atoms with Gasteiger partial charge in [-0.05, 0) is 55.8 Å². The topological polar surface area (TPSA) is 62.1 Å². The van der Waals surface area contributed by atoms with Crippen LogP contribution in [0.4, 0.5) is 11.5 Å². The Bertz CT molecular complexity index is 1180. The van der Waals surface area contributed by atoms with Crippen molar-refractivity contribution < 1.29 is 5.11 Å². The first-order valence-electron chi connectivity index (χ1n) is 10.1. The van der Waals surface area contributed by atoms with Crippen molar-refractivity contribution in [3.8, 4) is 5.75 Å². The van der Waals surface area contributed by atoms with Crippen molar-refractivity contribution >= 4 is 23.1 Å². The van der Waals surface area contributed by atoms with Crippen molar-refractivity contribution in [1.82, 2.24) is 15.0 Å². The summed E-state index contributed by atoms with van der Waals surface area (Å²) in [7, 11) is 0. The van der Waals surface area contributed by atoms with Gasteiger partial charge in [0.05, 0.1) is 17.9 Å². The number of aromatic hydroxyl groups is 1. The molecule has 4 aromatic rings. The predicted molar refractivity (Wildman–Crippen MR) is 124 cm³/mol. The summed E-state index contributed by atoms with van der Waals surface area (Å²) >= 11 is 6.07. The maximum absolute atomic E-state index is 10.6. The van der Waals surface area contributed by atoms with Crippen molar-refractivity contribution in [3.05, 3.63) is 106 Å². The standard InChI is InChI=1S/C25H23ClN4O/c1-17-22(15-19-10-12-20(26)13-11-19)25(29-18(2)28-17)30(16-21-7-5-6-14-27-21)23-8-3-4-9-24(23)31/h3-14,31H,15-16H2,1-2H3. The molecule has 0 aliphatic carbocycles. The Balaban J connectivity index is 1.85. The zero-order valence-electron chi connectivity index (χ0n) is 17.5. The largest absolute Gasteiger partial charge is 0.506 e. The first-order valence-corrected chi connectivity index (χ1v) is 10.4. The molecule has 0 saturated heterocycles. The number of benzene rings is 2. The third kappa shape index (κ3) is 4.84. The minimum atomic E-state index is 0.185. The van der Waals surface area contributed by atoms with E-state index in [-0.39, 0.29) is 5.75 Å². The van der Waals surface area contributed by atoms with Gasteiger partial charge in [0, 0.05) is 28.9 Å². The Morgan fingerprint density at radius 1 is 0.903 bits per heavy atom. The quantitative estimate of drug-likeness (QED) is 0.420. The smallest absolute Gasteiger partial charge is 0.141 e. The third-order valence-electron chi connectivity index (χ3n) is 5.07. The molecule has 1 N–H and O–H groups in total. The van der Waals surface area contributed by atoms with E-state index in [2.05, 4.69) is 9.97 Å². The summed E-state index contributed by atoms with van der Waals surface area (Å²) in [6, 6.07) is 20.9. The lowest BCUT2D eigenvalue weighted by molar-refractivity contribution is 0.475. The van der Waals surface area contributed by atoms with Crippen LogP contribution in [0.3, 0.4) is 0 Å². The van der Waals surface area contributed by atoms with Gasteiger partial charge in [-0.25, -0.2) is 9.97 Å². The molecule has 6 heteroatoms. The number of rotatable bonds is 6. The second-order valence-electron chi connectivity index (χ2n) is 7.36. The summed E-state index contributed by atoms with van der Waals surface area (Å²) in [5.74, 6) is 1.62. The molecular weight excluding hydrogens is 408 g/mol. The summed E-state index contributed by atoms with van der Waals surface area (Å²) in [5.41, 5.74) is 4.54. The molecule has 0 spiro atoms. The number of para-hydroxylation sites is 2. The van der Waals surface area contributed by atoms with E-state index in [4.69, 9.17) is 16.6 Å². The van der Waals surface area contributed by atoms with Crippen molar-refractivity contribution in [3.63, 3.8) is 0 Å². The minimum Gasteiger partial charge on any atom is -0.506 e. The summed E-state index contributed by atoms with van der Waals surface area (Å²) < 4.78 is 0. The minimum absolute atomic E-state index is 0.185. The van der Waals surface area contributed by atoms with Crippen molar-refractivity contribution in [2.45, 2.75) is 26.8 Å². The van der Waals surface area contributed by atoms with Crippen LogP contribution in [0.15, 0.2) is 72.9 Å². The number of hydrogen-bond acceptors (Lipinski definition) is 5. The zero-order chi connectivity index (χ0) is 21.8. The third-order valence-corrected chi connectivity index (χ3v) is 5.32. The Morgan fingerprint density at radius 2 is 1.65 bits per heavy atom. The molecule has 0 fully saturated rings. The van der Waals surface area contributed by atoms with Gasteiger partial charge in [0.1, 0.15) is 17.4 Å². The average Bonchev–Trinajstić information content (AvgIpc) is 2.76. The molecule has 0 unspecified atom stereocenters. The van der Waals surface area contributed by atoms with Gasteiger partial charge in [0.15, 0.2) is 0 Å². The van der Waals surface area contributed by atoms with E-state index in [9.17, 15) is 5.11 Å². The highest BCUT2D eigenvalue weighted by molar-refractivity contribution is 6.30. The number of anilines is 2. The summed E-state index contributed by atoms with van der Waals surface area (Å²) in [5, 5.41) is 11.4. The van der Waals surface area contributed by atoms with Crippen LogP contribution in [-0.2, 0) is 13.0 Å². The predicted octanol–water partition coefficient (Wildman–Crippen LogP) is 5.78. The summed E-state index contributed by atoms with van der Waals surface area (Å²) in [6.45, 7) is 4.33. The molecule has 0 aliphatic heterocycles. The van der Waals surface area contributed by atoms with Crippen molar-refractivity contribution in [1.29, 1.82) is 0 Å². The molecule has 31 heavy (non-hydrogen) atoms. The molecule has 0 aliphatic rings. The number of phenolic OH excluding ortho intramolecular Hbond substituents is 1. The number of halogens is 1. The fraction of sp³-hybridized carbons (Fsp3) is 0.160. The van der Waals surface area contributed by atoms with E-state index in [0.29, 0.717) is 29.5 Å². The van der Waals surface area contributed by atoms with E-state index in [1.54, 1.807) is 12.3 Å². The second kappa shape index (κ2) is 9.14. The van der Waals surface area contributed by atoms with E-state index < -0.39 is 0 Å². The molecule has 5 nitrogen and oxygen atoms in total. The lowest BCUT2D eigenvalue weighted by Crippen LogP contribution is -2.22. The van der Waals surface area contributed by atoms with Gasteiger partial charge in [0.25, 0.3) is 0 Å². The number of phenols is 1. The monoisotopic (exact) mass is 430 g/mol.